The number of hydrogen-bond acceptors (Lipinski definition) is 6. The van der Waals surface area contributed by atoms with Crippen LogP contribution in [0, 0.1) is 0 Å². The predicted molar refractivity (Wildman–Crippen MR) is 99.4 cm³/mol. The van der Waals surface area contributed by atoms with E-state index in [0.717, 1.165) is 20.9 Å². The molecule has 0 spiro atoms. The number of thiophene rings is 1. The lowest BCUT2D eigenvalue weighted by Gasteiger charge is -2.14. The number of hydrogen-bond donors (Lipinski definition) is 1. The number of imide groups is 1. The van der Waals surface area contributed by atoms with E-state index in [4.69, 9.17) is 0 Å². The van der Waals surface area contributed by atoms with Gasteiger partial charge in [0.05, 0.1) is 16.5 Å². The first-order valence-electron chi connectivity index (χ1n) is 8.24. The number of aromatic nitrogens is 2. The molecule has 136 valence electrons. The quantitative estimate of drug-likeness (QED) is 0.687. The molecule has 0 unspecified atom stereocenters. The van der Waals surface area contributed by atoms with E-state index in [1.807, 2.05) is 6.92 Å². The number of carbonyl (C=O) groups is 3. The Morgan fingerprint density at radius 2 is 1.81 bits per heavy atom. The van der Waals surface area contributed by atoms with Gasteiger partial charge in [-0.25, -0.2) is 9.66 Å². The van der Waals surface area contributed by atoms with Crippen molar-refractivity contribution in [2.24, 2.45) is 0 Å². The van der Waals surface area contributed by atoms with E-state index in [1.54, 1.807) is 18.2 Å². The van der Waals surface area contributed by atoms with Gasteiger partial charge in [-0.3, -0.25) is 29.5 Å². The third-order valence-corrected chi connectivity index (χ3v) is 5.46. The summed E-state index contributed by atoms with van der Waals surface area (Å²) < 4.78 is 0.967. The van der Waals surface area contributed by atoms with Gasteiger partial charge in [0.15, 0.2) is 0 Å². The molecule has 2 aromatic heterocycles. The van der Waals surface area contributed by atoms with Crippen molar-refractivity contribution >= 4 is 39.3 Å². The zero-order chi connectivity index (χ0) is 19.1. The van der Waals surface area contributed by atoms with Crippen LogP contribution in [0.25, 0.3) is 10.2 Å². The van der Waals surface area contributed by atoms with Crippen molar-refractivity contribution in [1.82, 2.24) is 14.6 Å². The minimum atomic E-state index is -0.668. The van der Waals surface area contributed by atoms with E-state index in [-0.39, 0.29) is 11.1 Å². The molecule has 0 saturated carbocycles. The van der Waals surface area contributed by atoms with Gasteiger partial charge in [0.1, 0.15) is 17.7 Å². The Morgan fingerprint density at radius 3 is 2.44 bits per heavy atom. The Labute approximate surface area is 157 Å². The van der Waals surface area contributed by atoms with Crippen molar-refractivity contribution in [2.45, 2.75) is 13.3 Å². The Hall–Kier alpha value is -3.33. The smallest absolute Gasteiger partial charge is 0.271 e. The van der Waals surface area contributed by atoms with Gasteiger partial charge in [-0.2, -0.15) is 0 Å². The van der Waals surface area contributed by atoms with Crippen LogP contribution < -0.4 is 11.0 Å². The Kier molecular flexibility index (Phi) is 4.08. The largest absolute Gasteiger partial charge is 0.280 e. The molecule has 9 heteroatoms. The lowest BCUT2D eigenvalue weighted by atomic mass is 10.1. The average Bonchev–Trinajstić information content (AvgIpc) is 3.20. The highest BCUT2D eigenvalue weighted by Gasteiger charge is 2.36. The molecular formula is C18H14N4O4S. The normalized spacial score (nSPS) is 13.3. The summed E-state index contributed by atoms with van der Waals surface area (Å²) in [6.45, 7) is 1.49. The zero-order valence-corrected chi connectivity index (χ0v) is 15.1. The maximum Gasteiger partial charge on any atom is 0.280 e. The summed E-state index contributed by atoms with van der Waals surface area (Å²) in [7, 11) is 0. The van der Waals surface area contributed by atoms with E-state index < -0.39 is 29.8 Å². The molecule has 1 aliphatic rings. The number of fused-ring (bicyclic) bond motifs is 2. The molecule has 0 radical (unpaired) electrons. The zero-order valence-electron chi connectivity index (χ0n) is 14.3. The van der Waals surface area contributed by atoms with Gasteiger partial charge < -0.3 is 0 Å². The number of carbonyl (C=O) groups excluding carboxylic acids is 3. The highest BCUT2D eigenvalue weighted by atomic mass is 32.1. The molecule has 4 rings (SSSR count). The molecule has 3 amide bonds. The lowest BCUT2D eigenvalue weighted by molar-refractivity contribution is -0.117. The van der Waals surface area contributed by atoms with E-state index in [1.165, 1.54) is 29.8 Å². The van der Waals surface area contributed by atoms with Crippen LogP contribution in [0.2, 0.25) is 0 Å². The molecule has 8 nitrogen and oxygen atoms in total. The van der Waals surface area contributed by atoms with Gasteiger partial charge in [-0.15, -0.1) is 11.3 Å². The Bertz CT molecular complexity index is 1130. The first-order valence-corrected chi connectivity index (χ1v) is 9.06. The first-order chi connectivity index (χ1) is 13.0. The molecule has 3 aromatic rings. The Balaban J connectivity index is 1.55. The number of amides is 3. The molecule has 1 aromatic carbocycles. The number of nitrogens with one attached hydrogen (secondary N) is 1. The van der Waals surface area contributed by atoms with Crippen molar-refractivity contribution in [1.29, 1.82) is 0 Å². The van der Waals surface area contributed by atoms with Crippen molar-refractivity contribution < 1.29 is 14.4 Å². The van der Waals surface area contributed by atoms with Crippen LogP contribution in [0.15, 0.2) is 41.5 Å². The highest BCUT2D eigenvalue weighted by molar-refractivity contribution is 7.18. The van der Waals surface area contributed by atoms with Gasteiger partial charge in [0.25, 0.3) is 23.3 Å². The van der Waals surface area contributed by atoms with Crippen molar-refractivity contribution in [3.05, 3.63) is 63.0 Å². The SMILES string of the molecule is CCc1cc2c(=O)n(NC(=O)CN3C(=O)c4ccccc4C3=O)cnc2s1. The molecule has 0 fully saturated rings. The summed E-state index contributed by atoms with van der Waals surface area (Å²) in [6.07, 6.45) is 2.01. The second-order valence-corrected chi connectivity index (χ2v) is 7.10. The van der Waals surface area contributed by atoms with E-state index >= 15 is 0 Å². The second kappa shape index (κ2) is 6.44. The van der Waals surface area contributed by atoms with Gasteiger partial charge in [-0.1, -0.05) is 19.1 Å². The lowest BCUT2D eigenvalue weighted by Crippen LogP contribution is -2.42. The van der Waals surface area contributed by atoms with E-state index in [0.29, 0.717) is 10.2 Å². The minimum Gasteiger partial charge on any atom is -0.271 e. The van der Waals surface area contributed by atoms with E-state index in [2.05, 4.69) is 10.4 Å². The topological polar surface area (TPSA) is 101 Å². The third kappa shape index (κ3) is 2.81. The van der Waals surface area contributed by atoms with Crippen LogP contribution in [0.5, 0.6) is 0 Å². The summed E-state index contributed by atoms with van der Waals surface area (Å²) in [4.78, 5) is 56.1. The number of nitrogens with zero attached hydrogens (tertiary/aromatic N) is 3. The van der Waals surface area contributed by atoms with Crippen LogP contribution in [0.1, 0.15) is 32.5 Å². The van der Waals surface area contributed by atoms with Crippen molar-refractivity contribution in [3.63, 3.8) is 0 Å². The molecule has 0 bridgehead atoms. The first kappa shape index (κ1) is 17.1. The van der Waals surface area contributed by atoms with Crippen LogP contribution in [-0.4, -0.2) is 38.8 Å². The highest BCUT2D eigenvalue weighted by Crippen LogP contribution is 2.22. The molecule has 0 aliphatic carbocycles. The Morgan fingerprint density at radius 1 is 1.15 bits per heavy atom. The third-order valence-electron chi connectivity index (χ3n) is 4.28. The van der Waals surface area contributed by atoms with Crippen molar-refractivity contribution in [2.75, 3.05) is 12.0 Å². The van der Waals surface area contributed by atoms with Crippen LogP contribution >= 0.6 is 11.3 Å². The molecule has 3 heterocycles. The van der Waals surface area contributed by atoms with Gasteiger partial charge in [-0.05, 0) is 24.6 Å². The average molecular weight is 382 g/mol. The maximum atomic E-state index is 12.5. The minimum absolute atomic E-state index is 0.265. The molecule has 1 aliphatic heterocycles. The molecular weight excluding hydrogens is 368 g/mol. The summed E-state index contributed by atoms with van der Waals surface area (Å²) >= 11 is 1.42. The van der Waals surface area contributed by atoms with E-state index in [9.17, 15) is 19.2 Å². The number of benzene rings is 1. The van der Waals surface area contributed by atoms with Crippen LogP contribution in [0.3, 0.4) is 0 Å². The van der Waals surface area contributed by atoms with Crippen molar-refractivity contribution in [3.8, 4) is 0 Å². The summed E-state index contributed by atoms with van der Waals surface area (Å²) in [5.74, 6) is -1.73. The molecule has 1 N–H and O–H groups in total. The number of rotatable bonds is 4. The fraction of sp³-hybridized carbons (Fsp3) is 0.167. The van der Waals surface area contributed by atoms with Gasteiger partial charge in [0.2, 0.25) is 0 Å². The van der Waals surface area contributed by atoms with Gasteiger partial charge in [0, 0.05) is 4.88 Å². The standard InChI is InChI=1S/C18H14N4O4S/c1-2-10-7-13-15(27-10)19-9-22(18(13)26)20-14(23)8-21-16(24)11-5-3-4-6-12(11)17(21)25/h3-7,9H,2,8H2,1H3,(H,20,23). The summed E-state index contributed by atoms with van der Waals surface area (Å²) in [6, 6.07) is 8.14. The summed E-state index contributed by atoms with van der Waals surface area (Å²) in [5.41, 5.74) is 2.50. The fourth-order valence-corrected chi connectivity index (χ4v) is 3.85. The molecule has 27 heavy (non-hydrogen) atoms. The van der Waals surface area contributed by atoms with Crippen LogP contribution in [-0.2, 0) is 11.2 Å². The summed E-state index contributed by atoms with van der Waals surface area (Å²) in [5, 5.41) is 0.417. The monoisotopic (exact) mass is 382 g/mol. The van der Waals surface area contributed by atoms with Gasteiger partial charge >= 0.3 is 0 Å². The van der Waals surface area contributed by atoms with Crippen LogP contribution in [0.4, 0.5) is 0 Å². The maximum absolute atomic E-state index is 12.5. The fourth-order valence-electron chi connectivity index (χ4n) is 2.92. The predicted octanol–water partition coefficient (Wildman–Crippen LogP) is 1.39. The number of aryl methyl sites for hydroxylation is 1. The second-order valence-electron chi connectivity index (χ2n) is 5.98. The molecule has 0 saturated heterocycles. The molecule has 0 atom stereocenters.